The highest BCUT2D eigenvalue weighted by Crippen LogP contribution is 2.32. The first-order valence-corrected chi connectivity index (χ1v) is 5.16. The predicted molar refractivity (Wildman–Crippen MR) is 61.8 cm³/mol. The van der Waals surface area contributed by atoms with Crippen molar-refractivity contribution in [2.75, 3.05) is 7.11 Å². The molecule has 0 N–H and O–H groups in total. The van der Waals surface area contributed by atoms with Gasteiger partial charge in [-0.2, -0.15) is 0 Å². The largest absolute Gasteiger partial charge is 0.494 e. The third-order valence-electron chi connectivity index (χ3n) is 1.96. The summed E-state index contributed by atoms with van der Waals surface area (Å²) >= 11 is 11.7. The van der Waals surface area contributed by atoms with Crippen LogP contribution in [-0.4, -0.2) is 22.3 Å². The van der Waals surface area contributed by atoms with E-state index in [-0.39, 0.29) is 10.3 Å². The van der Waals surface area contributed by atoms with E-state index in [0.717, 1.165) is 0 Å². The molecule has 0 aliphatic rings. The molecule has 0 saturated carbocycles. The van der Waals surface area contributed by atoms with Crippen LogP contribution in [0.25, 0.3) is 11.3 Å². The van der Waals surface area contributed by atoms with Crippen LogP contribution in [0.15, 0.2) is 24.4 Å². The molecule has 0 saturated heterocycles. The summed E-state index contributed by atoms with van der Waals surface area (Å²) < 4.78 is 5.18. The lowest BCUT2D eigenvalue weighted by molar-refractivity contribution is 0.415. The van der Waals surface area contributed by atoms with Gasteiger partial charge in [-0.05, 0) is 18.2 Å². The van der Waals surface area contributed by atoms with Gasteiger partial charge in [0, 0.05) is 11.8 Å². The SMILES string of the molecule is COc1cccnc1-c1cc(Cl)nnc1Cl. The molecule has 0 bridgehead atoms. The van der Waals surface area contributed by atoms with Crippen molar-refractivity contribution < 1.29 is 4.74 Å². The van der Waals surface area contributed by atoms with Crippen molar-refractivity contribution in [3.05, 3.63) is 34.7 Å². The summed E-state index contributed by atoms with van der Waals surface area (Å²) in [7, 11) is 1.56. The quantitative estimate of drug-likeness (QED) is 0.828. The number of pyridine rings is 1. The molecular weight excluding hydrogens is 249 g/mol. The average Bonchev–Trinajstić information content (AvgIpc) is 2.32. The zero-order chi connectivity index (χ0) is 11.5. The average molecular weight is 256 g/mol. The maximum absolute atomic E-state index is 5.93. The second kappa shape index (κ2) is 4.63. The molecule has 0 fully saturated rings. The molecule has 2 aromatic heterocycles. The minimum absolute atomic E-state index is 0.237. The molecule has 6 heteroatoms. The summed E-state index contributed by atoms with van der Waals surface area (Å²) in [6, 6.07) is 5.15. The van der Waals surface area contributed by atoms with Crippen LogP contribution in [0.5, 0.6) is 5.75 Å². The lowest BCUT2D eigenvalue weighted by atomic mass is 10.2. The third-order valence-corrected chi connectivity index (χ3v) is 2.43. The minimum atomic E-state index is 0.237. The van der Waals surface area contributed by atoms with Crippen LogP contribution in [0.2, 0.25) is 10.3 Å². The fourth-order valence-corrected chi connectivity index (χ4v) is 1.61. The highest BCUT2D eigenvalue weighted by Gasteiger charge is 2.12. The van der Waals surface area contributed by atoms with Gasteiger partial charge in [0.1, 0.15) is 11.4 Å². The summed E-state index contributed by atoms with van der Waals surface area (Å²) in [4.78, 5) is 4.19. The second-order valence-corrected chi connectivity index (χ2v) is 3.67. The molecule has 0 amide bonds. The molecule has 0 aromatic carbocycles. The van der Waals surface area contributed by atoms with E-state index in [1.807, 2.05) is 0 Å². The lowest BCUT2D eigenvalue weighted by Gasteiger charge is -2.07. The molecule has 0 radical (unpaired) electrons. The Morgan fingerprint density at radius 1 is 1.25 bits per heavy atom. The summed E-state index contributed by atoms with van der Waals surface area (Å²) in [5.41, 5.74) is 1.19. The standard InChI is InChI=1S/C10H7Cl2N3O/c1-16-7-3-2-4-13-9(7)6-5-8(11)14-15-10(6)12/h2-5H,1H3. The molecule has 16 heavy (non-hydrogen) atoms. The third kappa shape index (κ3) is 2.08. The first-order valence-electron chi connectivity index (χ1n) is 4.40. The van der Waals surface area contributed by atoms with E-state index >= 15 is 0 Å². The molecule has 82 valence electrons. The van der Waals surface area contributed by atoms with E-state index in [4.69, 9.17) is 27.9 Å². The zero-order valence-corrected chi connectivity index (χ0v) is 9.83. The number of methoxy groups -OCH3 is 1. The van der Waals surface area contributed by atoms with E-state index in [9.17, 15) is 0 Å². The normalized spacial score (nSPS) is 10.2. The Bertz CT molecular complexity index is 519. The molecule has 0 spiro atoms. The Labute approximate surface area is 102 Å². The van der Waals surface area contributed by atoms with Gasteiger partial charge in [-0.3, -0.25) is 4.98 Å². The summed E-state index contributed by atoms with van der Waals surface area (Å²) in [6.45, 7) is 0. The Hall–Kier alpha value is -1.39. The first-order chi connectivity index (χ1) is 7.72. The van der Waals surface area contributed by atoms with Gasteiger partial charge in [-0.25, -0.2) is 0 Å². The predicted octanol–water partition coefficient (Wildman–Crippen LogP) is 2.85. The van der Waals surface area contributed by atoms with Gasteiger partial charge >= 0.3 is 0 Å². The van der Waals surface area contributed by atoms with Crippen molar-refractivity contribution in [1.29, 1.82) is 0 Å². The first kappa shape index (κ1) is 11.1. The van der Waals surface area contributed by atoms with Gasteiger partial charge in [0.15, 0.2) is 10.3 Å². The van der Waals surface area contributed by atoms with Crippen molar-refractivity contribution in [2.24, 2.45) is 0 Å². The molecular formula is C10H7Cl2N3O. The van der Waals surface area contributed by atoms with Gasteiger partial charge in [-0.1, -0.05) is 23.2 Å². The lowest BCUT2D eigenvalue weighted by Crippen LogP contribution is -1.94. The summed E-state index contributed by atoms with van der Waals surface area (Å²) in [6.07, 6.45) is 1.64. The number of hydrogen-bond acceptors (Lipinski definition) is 4. The number of hydrogen-bond donors (Lipinski definition) is 0. The van der Waals surface area contributed by atoms with Gasteiger partial charge in [-0.15, -0.1) is 10.2 Å². The van der Waals surface area contributed by atoms with E-state index in [1.54, 1.807) is 31.5 Å². The van der Waals surface area contributed by atoms with Gasteiger partial charge < -0.3 is 4.74 Å². The van der Waals surface area contributed by atoms with Crippen LogP contribution < -0.4 is 4.74 Å². The fourth-order valence-electron chi connectivity index (χ4n) is 1.28. The number of aromatic nitrogens is 3. The number of rotatable bonds is 2. The number of nitrogens with zero attached hydrogens (tertiary/aromatic N) is 3. The van der Waals surface area contributed by atoms with Crippen LogP contribution in [0, 0.1) is 0 Å². The molecule has 0 atom stereocenters. The van der Waals surface area contributed by atoms with Crippen LogP contribution in [0.3, 0.4) is 0 Å². The fraction of sp³-hybridized carbons (Fsp3) is 0.100. The smallest absolute Gasteiger partial charge is 0.161 e. The topological polar surface area (TPSA) is 47.9 Å². The van der Waals surface area contributed by atoms with E-state index in [0.29, 0.717) is 17.0 Å². The molecule has 2 aromatic rings. The Kier molecular flexibility index (Phi) is 3.22. The van der Waals surface area contributed by atoms with Crippen molar-refractivity contribution in [1.82, 2.24) is 15.2 Å². The van der Waals surface area contributed by atoms with Gasteiger partial charge in [0.25, 0.3) is 0 Å². The highest BCUT2D eigenvalue weighted by molar-refractivity contribution is 6.33. The van der Waals surface area contributed by atoms with E-state index in [2.05, 4.69) is 15.2 Å². The summed E-state index contributed by atoms with van der Waals surface area (Å²) in [5, 5.41) is 7.85. The zero-order valence-electron chi connectivity index (χ0n) is 8.32. The van der Waals surface area contributed by atoms with Gasteiger partial charge in [0.05, 0.1) is 7.11 Å². The van der Waals surface area contributed by atoms with Crippen LogP contribution in [0.4, 0.5) is 0 Å². The van der Waals surface area contributed by atoms with Crippen molar-refractivity contribution in [3.63, 3.8) is 0 Å². The maximum Gasteiger partial charge on any atom is 0.161 e. The second-order valence-electron chi connectivity index (χ2n) is 2.93. The Morgan fingerprint density at radius 2 is 2.06 bits per heavy atom. The summed E-state index contributed by atoms with van der Waals surface area (Å²) in [5.74, 6) is 0.605. The van der Waals surface area contributed by atoms with Crippen molar-refractivity contribution >= 4 is 23.2 Å². The molecule has 2 heterocycles. The van der Waals surface area contributed by atoms with Gasteiger partial charge in [0.2, 0.25) is 0 Å². The molecule has 0 aliphatic heterocycles. The van der Waals surface area contributed by atoms with Crippen molar-refractivity contribution in [3.8, 4) is 17.0 Å². The monoisotopic (exact) mass is 255 g/mol. The highest BCUT2D eigenvalue weighted by atomic mass is 35.5. The molecule has 4 nitrogen and oxygen atoms in total. The van der Waals surface area contributed by atoms with E-state index in [1.165, 1.54) is 0 Å². The van der Waals surface area contributed by atoms with Crippen LogP contribution >= 0.6 is 23.2 Å². The molecule has 0 unspecified atom stereocenters. The van der Waals surface area contributed by atoms with E-state index < -0.39 is 0 Å². The number of ether oxygens (including phenoxy) is 1. The van der Waals surface area contributed by atoms with Crippen LogP contribution in [0.1, 0.15) is 0 Å². The molecule has 2 rings (SSSR count). The van der Waals surface area contributed by atoms with Crippen LogP contribution in [-0.2, 0) is 0 Å². The van der Waals surface area contributed by atoms with Crippen molar-refractivity contribution in [2.45, 2.75) is 0 Å². The molecule has 0 aliphatic carbocycles. The maximum atomic E-state index is 5.93. The minimum Gasteiger partial charge on any atom is -0.494 e. The Balaban J connectivity index is 2.62. The number of halogens is 2. The Morgan fingerprint density at radius 3 is 2.81 bits per heavy atom.